The number of aliphatic carboxylic acids is 1. The van der Waals surface area contributed by atoms with Crippen LogP contribution in [0.5, 0.6) is 0 Å². The van der Waals surface area contributed by atoms with E-state index in [9.17, 15) is 9.90 Å². The first-order valence-corrected chi connectivity index (χ1v) is 26.4. The SMILES string of the molecule is COC1C/C(=N\OCC(=O)O)CC23c4c5c6c7c8c9c(c%10c%11c2c2c4c4c%12c5c5c6c6c8c8c%13c9c9c%10c%10c%11c%11c2c2c4c4c%12c%12c5c5c6c8c6c8c%13c9c9c%10c%10c%11c2c2c4c4c%12c5c6c5c8c9c%10c2c45)C713. The number of hydrogen-bond donors (Lipinski definition) is 1. The molecule has 1 atom stereocenters. The minimum atomic E-state index is -0.997. The Kier molecular flexibility index (Phi) is 2.44. The largest absolute Gasteiger partial charge is 0.479 e. The van der Waals surface area contributed by atoms with Crippen LogP contribution in [0.4, 0.5) is 0 Å². The molecule has 72 heavy (non-hydrogen) atoms. The van der Waals surface area contributed by atoms with E-state index in [1.165, 1.54) is 0 Å². The van der Waals surface area contributed by atoms with Gasteiger partial charge in [0.1, 0.15) is 0 Å². The summed E-state index contributed by atoms with van der Waals surface area (Å²) in [6, 6.07) is 0. The first-order chi connectivity index (χ1) is 35.7. The molecule has 5 aliphatic carbocycles. The molecule has 5 nitrogen and oxygen atoms in total. The Morgan fingerprint density at radius 3 is 0.792 bits per heavy atom. The Hall–Kier alpha value is -8.64. The predicted molar refractivity (Wildman–Crippen MR) is 295 cm³/mol. The molecular formula is C67H11NO4. The van der Waals surface area contributed by atoms with Crippen LogP contribution in [0.3, 0.4) is 0 Å². The number of carboxylic acid groups (broad SMARTS) is 1. The fraction of sp³-hybridized carbons (Fsp3) is 0.104. The lowest BCUT2D eigenvalue weighted by Gasteiger charge is -2.59. The maximum absolute atomic E-state index is 12.2. The monoisotopic (exact) mass is 893 g/mol. The van der Waals surface area contributed by atoms with E-state index in [-0.39, 0.29) is 6.10 Å². The van der Waals surface area contributed by atoms with Crippen molar-refractivity contribution in [1.29, 1.82) is 0 Å². The molecule has 1 saturated carbocycles. The summed E-state index contributed by atoms with van der Waals surface area (Å²) in [6.07, 6.45) is 1.01. The number of benzene rings is 18. The van der Waals surface area contributed by atoms with Crippen LogP contribution in [-0.4, -0.2) is 36.6 Å². The summed E-state index contributed by atoms with van der Waals surface area (Å²) in [4.78, 5) is 18.1. The molecule has 5 aliphatic rings. The highest BCUT2D eigenvalue weighted by molar-refractivity contribution is 6.82. The highest BCUT2D eigenvalue weighted by Gasteiger charge is 2.74. The van der Waals surface area contributed by atoms with Gasteiger partial charge in [-0.3, -0.25) is 0 Å². The van der Waals surface area contributed by atoms with Crippen LogP contribution in [0.1, 0.15) is 35.1 Å². The van der Waals surface area contributed by atoms with Crippen molar-refractivity contribution in [1.82, 2.24) is 0 Å². The molecule has 0 saturated heterocycles. The summed E-state index contributed by atoms with van der Waals surface area (Å²) in [6.45, 7) is -0.454. The fourth-order valence-electron chi connectivity index (χ4n) is 25.6. The Morgan fingerprint density at radius 1 is 0.375 bits per heavy atom. The van der Waals surface area contributed by atoms with Crippen molar-refractivity contribution in [2.75, 3.05) is 13.7 Å². The predicted octanol–water partition coefficient (Wildman–Crippen LogP) is 16.6. The summed E-state index contributed by atoms with van der Waals surface area (Å²) in [5, 5.41) is 100. The minimum Gasteiger partial charge on any atom is -0.479 e. The topological polar surface area (TPSA) is 68.1 Å². The summed E-state index contributed by atoms with van der Waals surface area (Å²) in [5.74, 6) is -0.997. The Morgan fingerprint density at radius 2 is 0.583 bits per heavy atom. The van der Waals surface area contributed by atoms with Crippen molar-refractivity contribution in [2.45, 2.75) is 29.8 Å². The Balaban J connectivity index is 1.15. The third-order valence-corrected chi connectivity index (χ3v) is 25.6. The normalized spacial score (nSPS) is 24.0. The number of carbonyl (C=O) groups is 1. The standard InChI is InChI=1S/C67H11NO4/c1-71-6-2-5(68-72-4-7(69)70)3-66-62-54-46-36-26-18-10-8-9-12-16-14(10)22-30-24(16)34-28-20(12)21-13(9)17-15-11(8)19(18)27-33-23(15)31-25(17)35-29(21)39-38(28)50-44(34)52-42(30)48(40(46)32(22)26)56(62)58(52)64-60(50)61-51(39)45(35)53-43(31)49-41(33)47(37(27)36)55(54)63(66)57(49)59(53)65(61)67(6,64)66/h6H,2-4H2,1H3,(H,69,70)/b68-5+. The van der Waals surface area contributed by atoms with Gasteiger partial charge >= 0.3 is 5.97 Å². The van der Waals surface area contributed by atoms with Gasteiger partial charge in [-0.1, -0.05) is 5.16 Å². The van der Waals surface area contributed by atoms with Gasteiger partial charge in [-0.25, -0.2) is 4.79 Å². The van der Waals surface area contributed by atoms with E-state index < -0.39 is 23.4 Å². The van der Waals surface area contributed by atoms with E-state index in [0.29, 0.717) is 12.8 Å². The highest BCUT2D eigenvalue weighted by Crippen LogP contribution is 2.86. The maximum Gasteiger partial charge on any atom is 0.344 e. The van der Waals surface area contributed by atoms with Gasteiger partial charge < -0.3 is 14.7 Å². The molecule has 5 heteroatoms. The van der Waals surface area contributed by atoms with Crippen molar-refractivity contribution in [3.63, 3.8) is 0 Å². The number of carboxylic acids is 1. The molecule has 0 aromatic heterocycles. The third kappa shape index (κ3) is 1.49. The first-order valence-electron chi connectivity index (χ1n) is 26.4. The van der Waals surface area contributed by atoms with Crippen molar-refractivity contribution in [3.8, 4) is 0 Å². The van der Waals surface area contributed by atoms with Gasteiger partial charge in [-0.05, 0) is 313 Å². The molecule has 308 valence electrons. The molecule has 28 aromatic carbocycles. The third-order valence-electron chi connectivity index (χ3n) is 25.6. The van der Waals surface area contributed by atoms with Gasteiger partial charge in [-0.2, -0.15) is 0 Å². The van der Waals surface area contributed by atoms with Gasteiger partial charge in [-0.15, -0.1) is 0 Å². The average Bonchev–Trinajstić information content (AvgIpc) is 4.32. The van der Waals surface area contributed by atoms with Gasteiger partial charge in [0.25, 0.3) is 0 Å². The van der Waals surface area contributed by atoms with Crippen LogP contribution >= 0.6 is 0 Å². The lowest BCUT2D eigenvalue weighted by atomic mass is 9.42. The van der Waals surface area contributed by atoms with E-state index in [0.717, 1.165) is 5.71 Å². The van der Waals surface area contributed by atoms with E-state index in [4.69, 9.17) is 14.7 Å². The number of hydrogen-bond acceptors (Lipinski definition) is 4. The zero-order chi connectivity index (χ0) is 43.5. The number of rotatable bonds is 4. The fourth-order valence-corrected chi connectivity index (χ4v) is 25.6. The van der Waals surface area contributed by atoms with Crippen LogP contribution < -0.4 is 0 Å². The lowest BCUT2D eigenvalue weighted by Crippen LogP contribution is -2.63. The average molecular weight is 894 g/mol. The molecule has 33 rings (SSSR count). The zero-order valence-corrected chi connectivity index (χ0v) is 36.8. The van der Waals surface area contributed by atoms with Gasteiger partial charge in [0.15, 0.2) is 0 Å². The van der Waals surface area contributed by atoms with Crippen LogP contribution in [0.2, 0.25) is 0 Å². The van der Waals surface area contributed by atoms with Crippen LogP contribution in [0, 0.1) is 0 Å². The van der Waals surface area contributed by atoms with Crippen molar-refractivity contribution < 1.29 is 19.5 Å². The molecule has 2 spiro atoms. The number of methoxy groups -OCH3 is 1. The first kappa shape index (κ1) is 27.7. The number of oxime groups is 1. The van der Waals surface area contributed by atoms with Crippen molar-refractivity contribution in [2.24, 2.45) is 5.16 Å². The Bertz CT molecular complexity index is 7130. The molecule has 0 heterocycles. The number of nitrogens with zero attached hydrogens (tertiary/aromatic N) is 1. The van der Waals surface area contributed by atoms with Gasteiger partial charge in [0, 0.05) is 25.4 Å². The minimum absolute atomic E-state index is 0.269. The van der Waals surface area contributed by atoms with E-state index in [1.807, 2.05) is 7.11 Å². The van der Waals surface area contributed by atoms with E-state index >= 15 is 0 Å². The van der Waals surface area contributed by atoms with E-state index in [1.54, 1.807) is 313 Å². The molecule has 1 N–H and O–H groups in total. The molecule has 0 amide bonds. The lowest BCUT2D eigenvalue weighted by molar-refractivity contribution is -0.142. The summed E-state index contributed by atoms with van der Waals surface area (Å²) in [5.41, 5.74) is 6.09. The number of ether oxygens (including phenoxy) is 1. The molecule has 0 bridgehead atoms. The molecular weight excluding hydrogens is 883 g/mol. The smallest absolute Gasteiger partial charge is 0.344 e. The van der Waals surface area contributed by atoms with Crippen molar-refractivity contribution >= 4 is 303 Å². The van der Waals surface area contributed by atoms with Crippen LogP contribution in [0.25, 0.3) is 291 Å². The second-order valence-corrected chi connectivity index (χ2v) is 25.9. The Labute approximate surface area is 391 Å². The van der Waals surface area contributed by atoms with Crippen LogP contribution in [-0.2, 0) is 25.2 Å². The zero-order valence-electron chi connectivity index (χ0n) is 36.8. The van der Waals surface area contributed by atoms with Crippen molar-refractivity contribution in [3.05, 3.63) is 22.3 Å². The molecule has 1 fully saturated rings. The van der Waals surface area contributed by atoms with Gasteiger partial charge in [0.05, 0.1) is 17.2 Å². The van der Waals surface area contributed by atoms with E-state index in [2.05, 4.69) is 0 Å². The summed E-state index contributed by atoms with van der Waals surface area (Å²) in [7, 11) is 1.99. The van der Waals surface area contributed by atoms with Gasteiger partial charge in [0.2, 0.25) is 6.61 Å². The molecule has 0 radical (unpaired) electrons. The summed E-state index contributed by atoms with van der Waals surface area (Å²) >= 11 is 0. The molecule has 1 unspecified atom stereocenters. The summed E-state index contributed by atoms with van der Waals surface area (Å²) < 4.78 is 7.41. The quantitative estimate of drug-likeness (QED) is 0.141. The van der Waals surface area contributed by atoms with Crippen LogP contribution in [0.15, 0.2) is 5.16 Å². The highest BCUT2D eigenvalue weighted by atomic mass is 16.6. The molecule has 0 aliphatic heterocycles. The maximum atomic E-state index is 12.2. The second-order valence-electron chi connectivity index (χ2n) is 25.9. The molecule has 28 aromatic rings. The second kappa shape index (κ2) is 6.35.